The lowest BCUT2D eigenvalue weighted by molar-refractivity contribution is -0.150. The van der Waals surface area contributed by atoms with Gasteiger partial charge in [-0.05, 0) is 85.8 Å². The summed E-state index contributed by atoms with van der Waals surface area (Å²) in [6.07, 6.45) is 9.73. The smallest absolute Gasteiger partial charge is 0.329 e. The van der Waals surface area contributed by atoms with Crippen molar-refractivity contribution >= 4 is 23.1 Å². The number of nitrogens with one attached hydrogen (secondary N) is 1. The number of aliphatic hydroxyl groups is 1. The largest absolute Gasteiger partial charge is 0.461 e. The van der Waals surface area contributed by atoms with Crippen molar-refractivity contribution < 1.29 is 29.1 Å². The maximum Gasteiger partial charge on any atom is 0.329 e. The van der Waals surface area contributed by atoms with Gasteiger partial charge in [0.15, 0.2) is 0 Å². The van der Waals surface area contributed by atoms with Crippen LogP contribution in [0.15, 0.2) is 12.1 Å². The number of aryl methyl sites for hydroxylation is 1. The molecule has 2 bridgehead atoms. The molecule has 3 aliphatic rings. The summed E-state index contributed by atoms with van der Waals surface area (Å²) < 4.78 is 5.89. The summed E-state index contributed by atoms with van der Waals surface area (Å²) in [6, 6.07) is 2.14. The van der Waals surface area contributed by atoms with Crippen LogP contribution >= 0.6 is 0 Å². The number of ether oxygens (including phenoxy) is 1. The van der Waals surface area contributed by atoms with E-state index in [1.807, 2.05) is 0 Å². The molecule has 178 valence electrons. The molecule has 4 rings (SSSR count). The van der Waals surface area contributed by atoms with Gasteiger partial charge in [-0.3, -0.25) is 9.59 Å². The van der Waals surface area contributed by atoms with Crippen molar-refractivity contribution in [3.05, 3.63) is 34.4 Å². The van der Waals surface area contributed by atoms with E-state index in [2.05, 4.69) is 11.5 Å². The van der Waals surface area contributed by atoms with Gasteiger partial charge in [-0.1, -0.05) is 12.8 Å². The Balaban J connectivity index is 1.48. The Morgan fingerprint density at radius 2 is 1.94 bits per heavy atom. The van der Waals surface area contributed by atoms with Gasteiger partial charge in [0.2, 0.25) is 6.29 Å². The van der Waals surface area contributed by atoms with E-state index in [-0.39, 0.29) is 37.4 Å². The van der Waals surface area contributed by atoms with E-state index < -0.39 is 12.3 Å². The topological polar surface area (TPSA) is 102 Å². The summed E-state index contributed by atoms with van der Waals surface area (Å²) in [5.74, 6) is 0.629. The second-order valence-electron chi connectivity index (χ2n) is 9.49. The Bertz CT molecular complexity index is 966. The molecule has 2 N–H and O–H groups in total. The maximum atomic E-state index is 12.5. The number of ketones is 2. The molecule has 0 saturated heterocycles. The number of Topliss-reactive ketones (excluding diaryl/α,β-unsaturated/α-hetero) is 2. The van der Waals surface area contributed by atoms with Crippen molar-refractivity contribution in [2.24, 2.45) is 5.92 Å². The molecule has 7 nitrogen and oxygen atoms in total. The highest BCUT2D eigenvalue weighted by Crippen LogP contribution is 2.44. The van der Waals surface area contributed by atoms with Crippen molar-refractivity contribution in [1.29, 1.82) is 0 Å². The van der Waals surface area contributed by atoms with Gasteiger partial charge in [0.05, 0.1) is 13.0 Å². The zero-order valence-corrected chi connectivity index (χ0v) is 19.3. The molecule has 0 radical (unpaired) electrons. The van der Waals surface area contributed by atoms with E-state index in [0.29, 0.717) is 17.2 Å². The minimum absolute atomic E-state index is 0.0388. The molecule has 0 amide bonds. The zero-order chi connectivity index (χ0) is 23.4. The standard InChI is InChI=1S/C26H33NO6/c1-16(28)9-10-20(29)15-27-33-25(31)14-19-13-24(30)32-26-21-8-3-2-5-17-6-4-7-18(12-23(19)26)22(21)11-17/h12-13,17,24,27,30H,2-11,14-15H2,1H3. The molecule has 2 unspecified atom stereocenters. The number of hydrogen-bond acceptors (Lipinski definition) is 7. The third kappa shape index (κ3) is 5.89. The summed E-state index contributed by atoms with van der Waals surface area (Å²) in [6.45, 7) is 1.29. The molecule has 1 aromatic rings. The van der Waals surface area contributed by atoms with Gasteiger partial charge in [-0.15, -0.1) is 5.48 Å². The molecule has 0 aromatic heterocycles. The minimum atomic E-state index is -1.11. The van der Waals surface area contributed by atoms with E-state index >= 15 is 0 Å². The van der Waals surface area contributed by atoms with Crippen molar-refractivity contribution in [2.45, 2.75) is 83.8 Å². The van der Waals surface area contributed by atoms with E-state index in [1.165, 1.54) is 49.3 Å². The number of aliphatic hydroxyl groups excluding tert-OH is 1. The predicted molar refractivity (Wildman–Crippen MR) is 122 cm³/mol. The summed E-state index contributed by atoms with van der Waals surface area (Å²) in [5.41, 5.74) is 7.87. The normalized spacial score (nSPS) is 21.5. The van der Waals surface area contributed by atoms with E-state index in [4.69, 9.17) is 9.57 Å². The van der Waals surface area contributed by atoms with E-state index in [0.717, 1.165) is 31.2 Å². The first kappa shape index (κ1) is 23.6. The number of carbonyl (C=O) groups is 3. The first-order valence-electron chi connectivity index (χ1n) is 12.1. The fourth-order valence-electron chi connectivity index (χ4n) is 5.25. The summed E-state index contributed by atoms with van der Waals surface area (Å²) >= 11 is 0. The molecular formula is C26H33NO6. The summed E-state index contributed by atoms with van der Waals surface area (Å²) in [4.78, 5) is 40.2. The molecule has 33 heavy (non-hydrogen) atoms. The Hall–Kier alpha value is -2.51. The number of fused-ring (bicyclic) bond motifs is 3. The van der Waals surface area contributed by atoms with Crippen LogP contribution in [0, 0.1) is 5.92 Å². The van der Waals surface area contributed by atoms with Crippen LogP contribution in [0.5, 0.6) is 5.75 Å². The zero-order valence-electron chi connectivity index (χ0n) is 19.3. The number of carbonyl (C=O) groups excluding carboxylic acids is 3. The molecule has 2 atom stereocenters. The van der Waals surface area contributed by atoms with Gasteiger partial charge in [0, 0.05) is 18.4 Å². The average molecular weight is 456 g/mol. The first-order chi connectivity index (χ1) is 15.9. The van der Waals surface area contributed by atoms with Crippen molar-refractivity contribution in [2.75, 3.05) is 6.54 Å². The molecule has 1 aromatic carbocycles. The quantitative estimate of drug-likeness (QED) is 0.580. The van der Waals surface area contributed by atoms with Gasteiger partial charge in [0.25, 0.3) is 0 Å². The van der Waals surface area contributed by atoms with Crippen LogP contribution in [-0.2, 0) is 38.5 Å². The third-order valence-corrected chi connectivity index (χ3v) is 6.90. The fourth-order valence-corrected chi connectivity index (χ4v) is 5.25. The molecule has 7 heteroatoms. The Morgan fingerprint density at radius 1 is 1.12 bits per heavy atom. The van der Waals surface area contributed by atoms with E-state index in [9.17, 15) is 19.5 Å². The van der Waals surface area contributed by atoms with Crippen LogP contribution in [-0.4, -0.2) is 35.5 Å². The lowest BCUT2D eigenvalue weighted by Crippen LogP contribution is -2.27. The highest BCUT2D eigenvalue weighted by molar-refractivity contribution is 5.89. The maximum absolute atomic E-state index is 12.5. The highest BCUT2D eigenvalue weighted by atomic mass is 16.7. The molecule has 0 fully saturated rings. The summed E-state index contributed by atoms with van der Waals surface area (Å²) in [7, 11) is 0. The number of hydrogen-bond donors (Lipinski definition) is 2. The van der Waals surface area contributed by atoms with Crippen LogP contribution in [0.4, 0.5) is 0 Å². The number of benzene rings is 1. The van der Waals surface area contributed by atoms with Crippen LogP contribution in [0.1, 0.15) is 80.5 Å². The molecule has 1 aliphatic heterocycles. The average Bonchev–Trinajstić information content (AvgIpc) is 2.96. The van der Waals surface area contributed by atoms with Crippen LogP contribution in [0.25, 0.3) is 5.57 Å². The lowest BCUT2D eigenvalue weighted by atomic mass is 9.82. The van der Waals surface area contributed by atoms with Crippen molar-refractivity contribution in [1.82, 2.24) is 5.48 Å². The monoisotopic (exact) mass is 455 g/mol. The number of rotatable bonds is 8. The van der Waals surface area contributed by atoms with Crippen LogP contribution in [0.3, 0.4) is 0 Å². The van der Waals surface area contributed by atoms with Gasteiger partial charge in [-0.25, -0.2) is 0 Å². The third-order valence-electron chi connectivity index (χ3n) is 6.90. The Morgan fingerprint density at radius 3 is 2.76 bits per heavy atom. The Kier molecular flexibility index (Phi) is 7.60. The lowest BCUT2D eigenvalue weighted by Gasteiger charge is -2.29. The SMILES string of the molecule is CC(=O)CCC(=O)CNOC(=O)CC1=CC(O)Oc2c1cc1c3c2CCCCC(CCC1)C3. The highest BCUT2D eigenvalue weighted by Gasteiger charge is 2.30. The van der Waals surface area contributed by atoms with Gasteiger partial charge >= 0.3 is 5.97 Å². The molecule has 2 aliphatic carbocycles. The molecule has 0 saturated carbocycles. The summed E-state index contributed by atoms with van der Waals surface area (Å²) in [5, 5.41) is 10.4. The first-order valence-corrected chi connectivity index (χ1v) is 12.1. The van der Waals surface area contributed by atoms with Crippen molar-refractivity contribution in [3.8, 4) is 5.75 Å². The number of hydroxylamine groups is 1. The van der Waals surface area contributed by atoms with Gasteiger partial charge in [-0.2, -0.15) is 0 Å². The molecule has 1 heterocycles. The Labute approximate surface area is 194 Å². The fraction of sp³-hybridized carbons (Fsp3) is 0.577. The van der Waals surface area contributed by atoms with Gasteiger partial charge in [0.1, 0.15) is 17.3 Å². The van der Waals surface area contributed by atoms with E-state index in [1.54, 1.807) is 6.08 Å². The van der Waals surface area contributed by atoms with Crippen LogP contribution < -0.4 is 10.2 Å². The minimum Gasteiger partial charge on any atom is -0.461 e. The second-order valence-corrected chi connectivity index (χ2v) is 9.49. The second kappa shape index (κ2) is 10.6. The predicted octanol–water partition coefficient (Wildman–Crippen LogP) is 3.38. The molecule has 0 spiro atoms. The molecular weight excluding hydrogens is 422 g/mol. The van der Waals surface area contributed by atoms with Gasteiger partial charge < -0.3 is 19.5 Å². The van der Waals surface area contributed by atoms with Crippen molar-refractivity contribution in [3.63, 3.8) is 0 Å². The van der Waals surface area contributed by atoms with Crippen LogP contribution in [0.2, 0.25) is 0 Å².